The van der Waals surface area contributed by atoms with E-state index in [0.717, 1.165) is 28.8 Å². The van der Waals surface area contributed by atoms with Crippen LogP contribution < -0.4 is 9.62 Å². The van der Waals surface area contributed by atoms with Crippen molar-refractivity contribution >= 4 is 38.9 Å². The first-order valence-electron chi connectivity index (χ1n) is 7.07. The molecule has 0 heterocycles. The summed E-state index contributed by atoms with van der Waals surface area (Å²) < 4.78 is 52.2. The van der Waals surface area contributed by atoms with E-state index in [1.165, 1.54) is 12.1 Å². The second-order valence-electron chi connectivity index (χ2n) is 5.35. The highest BCUT2D eigenvalue weighted by molar-refractivity contribution is 7.92. The van der Waals surface area contributed by atoms with Gasteiger partial charge in [0, 0.05) is 5.02 Å². The van der Waals surface area contributed by atoms with Crippen molar-refractivity contribution in [3.05, 3.63) is 58.6 Å². The van der Waals surface area contributed by atoms with Crippen molar-refractivity contribution in [1.29, 1.82) is 0 Å². The van der Waals surface area contributed by atoms with Gasteiger partial charge in [-0.15, -0.1) is 0 Å². The number of benzene rings is 2. The molecular weight excluding hydrogens is 374 g/mol. The zero-order valence-corrected chi connectivity index (χ0v) is 15.0. The highest BCUT2D eigenvalue weighted by Gasteiger charge is 2.23. The third-order valence-corrected chi connectivity index (χ3v) is 4.70. The van der Waals surface area contributed by atoms with Gasteiger partial charge < -0.3 is 5.32 Å². The minimum absolute atomic E-state index is 0.246. The molecule has 134 valence electrons. The molecule has 9 heteroatoms. The zero-order valence-electron chi connectivity index (χ0n) is 13.4. The van der Waals surface area contributed by atoms with Crippen molar-refractivity contribution in [3.63, 3.8) is 0 Å². The van der Waals surface area contributed by atoms with Crippen LogP contribution in [0.15, 0.2) is 36.4 Å². The number of nitrogens with zero attached hydrogens (tertiary/aromatic N) is 1. The quantitative estimate of drug-likeness (QED) is 0.854. The van der Waals surface area contributed by atoms with Crippen LogP contribution in [0.2, 0.25) is 5.02 Å². The SMILES string of the molecule is Cc1cc(Cl)ccc1N(CC(=O)Nc1c(F)cccc1F)S(C)(=O)=O. The number of aryl methyl sites for hydroxylation is 1. The van der Waals surface area contributed by atoms with Crippen LogP contribution in [0.1, 0.15) is 5.56 Å². The average Bonchev–Trinajstić information content (AvgIpc) is 2.48. The molecule has 2 aromatic carbocycles. The maximum Gasteiger partial charge on any atom is 0.245 e. The van der Waals surface area contributed by atoms with Gasteiger partial charge in [-0.25, -0.2) is 17.2 Å². The Morgan fingerprint density at radius 2 is 1.80 bits per heavy atom. The lowest BCUT2D eigenvalue weighted by molar-refractivity contribution is -0.114. The molecule has 1 N–H and O–H groups in total. The van der Waals surface area contributed by atoms with Crippen molar-refractivity contribution in [3.8, 4) is 0 Å². The Hall–Kier alpha value is -2.19. The topological polar surface area (TPSA) is 66.5 Å². The number of carbonyl (C=O) groups excluding carboxylic acids is 1. The summed E-state index contributed by atoms with van der Waals surface area (Å²) in [4.78, 5) is 12.1. The largest absolute Gasteiger partial charge is 0.320 e. The average molecular weight is 389 g/mol. The standard InChI is InChI=1S/C16H15ClF2N2O3S/c1-10-8-11(17)6-7-14(10)21(25(2,23)24)9-15(22)20-16-12(18)4-3-5-13(16)19/h3-8H,9H2,1-2H3,(H,20,22). The van der Waals surface area contributed by atoms with Crippen LogP contribution in [-0.4, -0.2) is 27.1 Å². The third-order valence-electron chi connectivity index (χ3n) is 3.34. The molecule has 0 saturated heterocycles. The Labute approximate surface area is 149 Å². The molecule has 25 heavy (non-hydrogen) atoms. The molecule has 0 aliphatic carbocycles. The summed E-state index contributed by atoms with van der Waals surface area (Å²) in [5.74, 6) is -2.80. The van der Waals surface area contributed by atoms with E-state index in [2.05, 4.69) is 5.32 Å². The summed E-state index contributed by atoms with van der Waals surface area (Å²) in [6, 6.07) is 7.60. The van der Waals surface area contributed by atoms with Gasteiger partial charge in [0.15, 0.2) is 0 Å². The number of carbonyl (C=O) groups is 1. The lowest BCUT2D eigenvalue weighted by Gasteiger charge is -2.23. The number of para-hydroxylation sites is 1. The molecule has 0 spiro atoms. The van der Waals surface area contributed by atoms with Gasteiger partial charge in [-0.3, -0.25) is 9.10 Å². The van der Waals surface area contributed by atoms with Crippen LogP contribution in [0.3, 0.4) is 0 Å². The Morgan fingerprint density at radius 1 is 1.20 bits per heavy atom. The normalized spacial score (nSPS) is 11.2. The Morgan fingerprint density at radius 3 is 2.32 bits per heavy atom. The van der Waals surface area contributed by atoms with Crippen LogP contribution in [0.5, 0.6) is 0 Å². The first-order valence-corrected chi connectivity index (χ1v) is 9.30. The molecular formula is C16H15ClF2N2O3S. The number of rotatable bonds is 5. The van der Waals surface area contributed by atoms with Gasteiger partial charge in [0.1, 0.15) is 23.9 Å². The fourth-order valence-electron chi connectivity index (χ4n) is 2.21. The summed E-state index contributed by atoms with van der Waals surface area (Å²) in [5, 5.41) is 2.47. The molecule has 1 amide bonds. The van der Waals surface area contributed by atoms with Crippen LogP contribution in [0, 0.1) is 18.6 Å². The number of amides is 1. The van der Waals surface area contributed by atoms with E-state index in [4.69, 9.17) is 11.6 Å². The van der Waals surface area contributed by atoms with Crippen molar-refractivity contribution < 1.29 is 22.0 Å². The maximum absolute atomic E-state index is 13.6. The monoisotopic (exact) mass is 388 g/mol. The van der Waals surface area contributed by atoms with Crippen LogP contribution in [0.4, 0.5) is 20.2 Å². The molecule has 0 atom stereocenters. The zero-order chi connectivity index (χ0) is 18.8. The summed E-state index contributed by atoms with van der Waals surface area (Å²) >= 11 is 5.85. The number of halogens is 3. The molecule has 2 aromatic rings. The van der Waals surface area contributed by atoms with Crippen LogP contribution in [-0.2, 0) is 14.8 Å². The summed E-state index contributed by atoms with van der Waals surface area (Å²) in [5.41, 5.74) is 0.146. The van der Waals surface area contributed by atoms with E-state index in [0.29, 0.717) is 10.6 Å². The summed E-state index contributed by atoms with van der Waals surface area (Å²) in [7, 11) is -3.82. The van der Waals surface area contributed by atoms with E-state index in [1.54, 1.807) is 13.0 Å². The molecule has 0 radical (unpaired) electrons. The van der Waals surface area contributed by atoms with Gasteiger partial charge in [0.05, 0.1) is 11.9 Å². The van der Waals surface area contributed by atoms with E-state index < -0.39 is 39.8 Å². The van der Waals surface area contributed by atoms with Crippen LogP contribution in [0.25, 0.3) is 0 Å². The van der Waals surface area contributed by atoms with Crippen molar-refractivity contribution in [2.45, 2.75) is 6.92 Å². The fourth-order valence-corrected chi connectivity index (χ4v) is 3.35. The van der Waals surface area contributed by atoms with Gasteiger partial charge >= 0.3 is 0 Å². The highest BCUT2D eigenvalue weighted by atomic mass is 35.5. The molecule has 0 saturated carbocycles. The molecule has 0 aliphatic heterocycles. The van der Waals surface area contributed by atoms with Crippen molar-refractivity contribution in [2.24, 2.45) is 0 Å². The van der Waals surface area contributed by atoms with E-state index in [-0.39, 0.29) is 5.69 Å². The van der Waals surface area contributed by atoms with Gasteiger partial charge in [-0.2, -0.15) is 0 Å². The summed E-state index contributed by atoms with van der Waals surface area (Å²) in [6.45, 7) is 0.989. The van der Waals surface area contributed by atoms with Crippen LogP contribution >= 0.6 is 11.6 Å². The Kier molecular flexibility index (Phi) is 5.64. The Bertz CT molecular complexity index is 899. The first kappa shape index (κ1) is 19.1. The van der Waals surface area contributed by atoms with Crippen molar-refractivity contribution in [2.75, 3.05) is 22.4 Å². The maximum atomic E-state index is 13.6. The number of hydrogen-bond acceptors (Lipinski definition) is 3. The minimum atomic E-state index is -3.82. The highest BCUT2D eigenvalue weighted by Crippen LogP contribution is 2.26. The first-order chi connectivity index (χ1) is 11.6. The number of anilines is 2. The lowest BCUT2D eigenvalue weighted by Crippen LogP contribution is -2.38. The predicted octanol–water partition coefficient (Wildman–Crippen LogP) is 3.33. The lowest BCUT2D eigenvalue weighted by atomic mass is 10.2. The second-order valence-corrected chi connectivity index (χ2v) is 7.69. The molecule has 0 unspecified atom stereocenters. The fraction of sp³-hybridized carbons (Fsp3) is 0.188. The van der Waals surface area contributed by atoms with Gasteiger partial charge in [0.25, 0.3) is 0 Å². The molecule has 0 aliphatic rings. The van der Waals surface area contributed by atoms with Gasteiger partial charge in [-0.05, 0) is 42.8 Å². The Balaban J connectivity index is 2.30. The van der Waals surface area contributed by atoms with Crippen molar-refractivity contribution in [1.82, 2.24) is 0 Å². The molecule has 0 fully saturated rings. The third kappa shape index (κ3) is 4.67. The minimum Gasteiger partial charge on any atom is -0.320 e. The number of sulfonamides is 1. The van der Waals surface area contributed by atoms with Gasteiger partial charge in [0.2, 0.25) is 15.9 Å². The van der Waals surface area contributed by atoms with E-state index in [1.807, 2.05) is 0 Å². The second kappa shape index (κ2) is 7.37. The summed E-state index contributed by atoms with van der Waals surface area (Å²) in [6.07, 6.45) is 0.929. The van der Waals surface area contributed by atoms with E-state index in [9.17, 15) is 22.0 Å². The number of nitrogens with one attached hydrogen (secondary N) is 1. The van der Waals surface area contributed by atoms with E-state index >= 15 is 0 Å². The molecule has 0 bridgehead atoms. The molecule has 2 rings (SSSR count). The molecule has 5 nitrogen and oxygen atoms in total. The smallest absolute Gasteiger partial charge is 0.245 e. The van der Waals surface area contributed by atoms with Gasteiger partial charge in [-0.1, -0.05) is 17.7 Å². The number of hydrogen-bond donors (Lipinski definition) is 1. The molecule has 0 aromatic heterocycles. The predicted molar refractivity (Wildman–Crippen MR) is 93.4 cm³/mol.